The molecule has 0 amide bonds. The van der Waals surface area contributed by atoms with Crippen LogP contribution in [0.15, 0.2) is 0 Å². The lowest BCUT2D eigenvalue weighted by Crippen LogP contribution is -2.49. The summed E-state index contributed by atoms with van der Waals surface area (Å²) in [6.07, 6.45) is 6.77. The van der Waals surface area contributed by atoms with Gasteiger partial charge < -0.3 is 10.6 Å². The summed E-state index contributed by atoms with van der Waals surface area (Å²) in [5, 5.41) is 0. The molecule has 2 saturated heterocycles. The number of nitrogens with two attached hydrogens (primary N) is 1. The molecular weight excluding hydrogens is 198 g/mol. The van der Waals surface area contributed by atoms with Gasteiger partial charge in [0, 0.05) is 12.6 Å². The second kappa shape index (κ2) is 5.99. The van der Waals surface area contributed by atoms with Crippen molar-refractivity contribution in [2.75, 3.05) is 39.8 Å². The minimum absolute atomic E-state index is 0.831. The molecule has 0 bridgehead atoms. The molecule has 0 aromatic heterocycles. The van der Waals surface area contributed by atoms with Crippen LogP contribution in [-0.2, 0) is 0 Å². The Bertz CT molecular complexity index is 199. The van der Waals surface area contributed by atoms with Crippen LogP contribution in [0.2, 0.25) is 0 Å². The summed E-state index contributed by atoms with van der Waals surface area (Å²) < 4.78 is 0. The Balaban J connectivity index is 1.75. The smallest absolute Gasteiger partial charge is 0.0223 e. The van der Waals surface area contributed by atoms with Gasteiger partial charge in [-0.15, -0.1) is 0 Å². The number of nitrogens with zero attached hydrogens (tertiary/aromatic N) is 2. The van der Waals surface area contributed by atoms with Gasteiger partial charge in [0.25, 0.3) is 0 Å². The van der Waals surface area contributed by atoms with Gasteiger partial charge in [0.05, 0.1) is 0 Å². The molecule has 3 heteroatoms. The first-order valence-electron chi connectivity index (χ1n) is 6.92. The third-order valence-corrected chi connectivity index (χ3v) is 4.34. The van der Waals surface area contributed by atoms with E-state index >= 15 is 0 Å². The van der Waals surface area contributed by atoms with Crippen molar-refractivity contribution >= 4 is 0 Å². The van der Waals surface area contributed by atoms with Crippen LogP contribution in [0.1, 0.15) is 32.1 Å². The van der Waals surface area contributed by atoms with Crippen LogP contribution in [-0.4, -0.2) is 55.6 Å². The maximum atomic E-state index is 5.63. The first-order chi connectivity index (χ1) is 7.79. The number of hydrogen-bond donors (Lipinski definition) is 1. The average Bonchev–Trinajstić information content (AvgIpc) is 2.30. The molecule has 0 radical (unpaired) electrons. The molecule has 1 atom stereocenters. The minimum atomic E-state index is 0.831. The zero-order chi connectivity index (χ0) is 11.4. The highest BCUT2D eigenvalue weighted by atomic mass is 15.2. The summed E-state index contributed by atoms with van der Waals surface area (Å²) >= 11 is 0. The van der Waals surface area contributed by atoms with Crippen LogP contribution in [0.5, 0.6) is 0 Å². The van der Waals surface area contributed by atoms with Crippen LogP contribution in [0.4, 0.5) is 0 Å². The lowest BCUT2D eigenvalue weighted by atomic mass is 9.91. The number of likely N-dealkylation sites (tertiary alicyclic amines) is 2. The van der Waals surface area contributed by atoms with E-state index < -0.39 is 0 Å². The van der Waals surface area contributed by atoms with Crippen LogP contribution in [0.3, 0.4) is 0 Å². The van der Waals surface area contributed by atoms with Gasteiger partial charge in [-0.1, -0.05) is 0 Å². The predicted molar refractivity (Wildman–Crippen MR) is 68.5 cm³/mol. The summed E-state index contributed by atoms with van der Waals surface area (Å²) in [4.78, 5) is 5.21. The molecule has 0 aromatic carbocycles. The van der Waals surface area contributed by atoms with E-state index in [1.54, 1.807) is 0 Å². The van der Waals surface area contributed by atoms with Crippen LogP contribution in [0, 0.1) is 5.92 Å². The van der Waals surface area contributed by atoms with Gasteiger partial charge in [-0.25, -0.2) is 0 Å². The van der Waals surface area contributed by atoms with Crippen LogP contribution < -0.4 is 5.73 Å². The molecule has 2 rings (SSSR count). The molecule has 0 spiro atoms. The van der Waals surface area contributed by atoms with Crippen molar-refractivity contribution < 1.29 is 0 Å². The molecule has 2 heterocycles. The van der Waals surface area contributed by atoms with E-state index in [0.717, 1.165) is 18.5 Å². The van der Waals surface area contributed by atoms with Gasteiger partial charge in [0.1, 0.15) is 0 Å². The average molecular weight is 225 g/mol. The van der Waals surface area contributed by atoms with Crippen LogP contribution >= 0.6 is 0 Å². The van der Waals surface area contributed by atoms with Crippen molar-refractivity contribution in [2.24, 2.45) is 11.7 Å². The Morgan fingerprint density at radius 1 is 1.12 bits per heavy atom. The molecule has 2 fully saturated rings. The standard InChI is InChI=1S/C13H27N3/c1-15-8-2-3-13(11-15)16-9-5-12(4-7-14)6-10-16/h12-13H,2-11,14H2,1H3. The zero-order valence-corrected chi connectivity index (χ0v) is 10.7. The summed E-state index contributed by atoms with van der Waals surface area (Å²) in [7, 11) is 2.26. The third kappa shape index (κ3) is 3.19. The third-order valence-electron chi connectivity index (χ3n) is 4.34. The Hall–Kier alpha value is -0.120. The Kier molecular flexibility index (Phi) is 4.62. The molecule has 2 aliphatic heterocycles. The van der Waals surface area contributed by atoms with E-state index in [4.69, 9.17) is 5.73 Å². The highest BCUT2D eigenvalue weighted by Gasteiger charge is 2.27. The van der Waals surface area contributed by atoms with Crippen molar-refractivity contribution in [2.45, 2.75) is 38.1 Å². The zero-order valence-electron chi connectivity index (χ0n) is 10.7. The highest BCUT2D eigenvalue weighted by Crippen LogP contribution is 2.24. The maximum absolute atomic E-state index is 5.63. The fourth-order valence-electron chi connectivity index (χ4n) is 3.28. The molecule has 0 aromatic rings. The Morgan fingerprint density at radius 3 is 2.50 bits per heavy atom. The summed E-state index contributed by atoms with van der Waals surface area (Å²) in [5.41, 5.74) is 5.63. The molecule has 3 nitrogen and oxygen atoms in total. The van der Waals surface area contributed by atoms with E-state index in [-0.39, 0.29) is 0 Å². The molecule has 2 aliphatic rings. The second-order valence-electron chi connectivity index (χ2n) is 5.61. The van der Waals surface area contributed by atoms with Crippen molar-refractivity contribution in [3.63, 3.8) is 0 Å². The van der Waals surface area contributed by atoms with Crippen molar-refractivity contribution in [1.29, 1.82) is 0 Å². The predicted octanol–water partition coefficient (Wildman–Crippen LogP) is 1.14. The molecular formula is C13H27N3. The van der Waals surface area contributed by atoms with Crippen LogP contribution in [0.25, 0.3) is 0 Å². The molecule has 16 heavy (non-hydrogen) atoms. The van der Waals surface area contributed by atoms with Gasteiger partial charge in [0.15, 0.2) is 0 Å². The quantitative estimate of drug-likeness (QED) is 0.782. The first kappa shape index (κ1) is 12.3. The summed E-state index contributed by atoms with van der Waals surface area (Å²) in [6.45, 7) is 6.06. The fourth-order valence-corrected chi connectivity index (χ4v) is 3.28. The monoisotopic (exact) mass is 225 g/mol. The molecule has 2 N–H and O–H groups in total. The number of rotatable bonds is 3. The van der Waals surface area contributed by atoms with E-state index in [0.29, 0.717) is 0 Å². The topological polar surface area (TPSA) is 32.5 Å². The van der Waals surface area contributed by atoms with Crippen molar-refractivity contribution in [3.8, 4) is 0 Å². The fraction of sp³-hybridized carbons (Fsp3) is 1.00. The van der Waals surface area contributed by atoms with E-state index in [9.17, 15) is 0 Å². The lowest BCUT2D eigenvalue weighted by Gasteiger charge is -2.41. The van der Waals surface area contributed by atoms with Gasteiger partial charge >= 0.3 is 0 Å². The van der Waals surface area contributed by atoms with Crippen molar-refractivity contribution in [3.05, 3.63) is 0 Å². The Labute approximate surface area is 100.0 Å². The highest BCUT2D eigenvalue weighted by molar-refractivity contribution is 4.83. The van der Waals surface area contributed by atoms with E-state index in [2.05, 4.69) is 16.8 Å². The van der Waals surface area contributed by atoms with Gasteiger partial charge in [-0.05, 0) is 71.2 Å². The molecule has 0 aliphatic carbocycles. The minimum Gasteiger partial charge on any atom is -0.330 e. The second-order valence-corrected chi connectivity index (χ2v) is 5.61. The number of hydrogen-bond acceptors (Lipinski definition) is 3. The Morgan fingerprint density at radius 2 is 1.88 bits per heavy atom. The summed E-state index contributed by atoms with van der Waals surface area (Å²) in [6, 6.07) is 0.831. The van der Waals surface area contributed by atoms with E-state index in [1.165, 1.54) is 58.3 Å². The molecule has 1 unspecified atom stereocenters. The maximum Gasteiger partial charge on any atom is 0.0223 e. The summed E-state index contributed by atoms with van der Waals surface area (Å²) in [5.74, 6) is 0.905. The molecule has 94 valence electrons. The SMILES string of the molecule is CN1CCCC(N2CCC(CCN)CC2)C1. The molecule has 0 saturated carbocycles. The number of likely N-dealkylation sites (N-methyl/N-ethyl adjacent to an activating group) is 1. The van der Waals surface area contributed by atoms with Crippen molar-refractivity contribution in [1.82, 2.24) is 9.80 Å². The van der Waals surface area contributed by atoms with Gasteiger partial charge in [-0.3, -0.25) is 4.90 Å². The first-order valence-corrected chi connectivity index (χ1v) is 6.92. The largest absolute Gasteiger partial charge is 0.330 e. The van der Waals surface area contributed by atoms with Gasteiger partial charge in [-0.2, -0.15) is 0 Å². The lowest BCUT2D eigenvalue weighted by molar-refractivity contribution is 0.0777. The van der Waals surface area contributed by atoms with Gasteiger partial charge in [0.2, 0.25) is 0 Å². The number of piperidine rings is 2. The normalized spacial score (nSPS) is 30.8. The van der Waals surface area contributed by atoms with E-state index in [1.807, 2.05) is 0 Å².